The summed E-state index contributed by atoms with van der Waals surface area (Å²) >= 11 is 5.86. The highest BCUT2D eigenvalue weighted by Gasteiger charge is 2.18. The minimum atomic E-state index is -1.09. The van der Waals surface area contributed by atoms with E-state index in [1.165, 1.54) is 6.92 Å². The summed E-state index contributed by atoms with van der Waals surface area (Å²) in [7, 11) is 0. The molecule has 0 fully saturated rings. The number of halogens is 1. The monoisotopic (exact) mass is 481 g/mol. The van der Waals surface area contributed by atoms with E-state index in [0.717, 1.165) is 5.56 Å². The van der Waals surface area contributed by atoms with Crippen molar-refractivity contribution in [1.29, 1.82) is 0 Å². The van der Waals surface area contributed by atoms with Gasteiger partial charge in [-0.1, -0.05) is 23.7 Å². The first-order valence-corrected chi connectivity index (χ1v) is 10.9. The average Bonchev–Trinajstić information content (AvgIpc) is 2.82. The predicted molar refractivity (Wildman–Crippen MR) is 128 cm³/mol. The molecule has 0 aliphatic rings. The number of carboxylic acid groups (broad SMARTS) is 1. The van der Waals surface area contributed by atoms with E-state index in [9.17, 15) is 19.5 Å². The third-order valence-corrected chi connectivity index (χ3v) is 5.13. The lowest BCUT2D eigenvalue weighted by Gasteiger charge is -2.14. The molecular formula is C26H24ClNO6. The van der Waals surface area contributed by atoms with Crippen molar-refractivity contribution in [2.75, 3.05) is 13.2 Å². The fourth-order valence-electron chi connectivity index (χ4n) is 3.19. The van der Waals surface area contributed by atoms with Gasteiger partial charge in [-0.15, -0.1) is 0 Å². The zero-order chi connectivity index (χ0) is 24.5. The van der Waals surface area contributed by atoms with Crippen molar-refractivity contribution in [2.45, 2.75) is 19.4 Å². The van der Waals surface area contributed by atoms with E-state index < -0.39 is 17.9 Å². The van der Waals surface area contributed by atoms with Crippen LogP contribution in [0.25, 0.3) is 0 Å². The molecule has 1 amide bonds. The van der Waals surface area contributed by atoms with Crippen molar-refractivity contribution in [3.63, 3.8) is 0 Å². The molecule has 176 valence electrons. The standard InChI is InChI=1S/C26H24ClNO6/c1-17(29)28-24(26(31)32)16-18-2-10-22(11-3-18)33-14-15-34-23-12-6-20(7-13-23)25(30)19-4-8-21(27)9-5-19/h2-13,24H,14-16H2,1H3,(H,28,29)(H,31,32)/t24-/m0/s1. The number of rotatable bonds is 11. The largest absolute Gasteiger partial charge is 0.490 e. The van der Waals surface area contributed by atoms with Crippen LogP contribution >= 0.6 is 11.6 Å². The van der Waals surface area contributed by atoms with E-state index in [1.54, 1.807) is 72.8 Å². The summed E-state index contributed by atoms with van der Waals surface area (Å²) in [5.41, 5.74) is 1.87. The van der Waals surface area contributed by atoms with Crippen molar-refractivity contribution in [1.82, 2.24) is 5.32 Å². The number of nitrogens with one attached hydrogen (secondary N) is 1. The van der Waals surface area contributed by atoms with E-state index in [4.69, 9.17) is 21.1 Å². The number of benzene rings is 3. The smallest absolute Gasteiger partial charge is 0.326 e. The first kappa shape index (κ1) is 24.8. The zero-order valence-electron chi connectivity index (χ0n) is 18.5. The van der Waals surface area contributed by atoms with Gasteiger partial charge in [0.25, 0.3) is 0 Å². The molecule has 0 aliphatic carbocycles. The highest BCUT2D eigenvalue weighted by atomic mass is 35.5. The van der Waals surface area contributed by atoms with Crippen LogP contribution in [0.2, 0.25) is 5.02 Å². The van der Waals surface area contributed by atoms with Gasteiger partial charge in [0.15, 0.2) is 5.78 Å². The molecule has 2 N–H and O–H groups in total. The van der Waals surface area contributed by atoms with Crippen LogP contribution in [0, 0.1) is 0 Å². The molecule has 0 heterocycles. The number of hydrogen-bond donors (Lipinski definition) is 2. The Bertz CT molecular complexity index is 1130. The molecule has 1 atom stereocenters. The van der Waals surface area contributed by atoms with Crippen LogP contribution in [0.1, 0.15) is 28.4 Å². The molecule has 8 heteroatoms. The molecule has 7 nitrogen and oxygen atoms in total. The van der Waals surface area contributed by atoms with Gasteiger partial charge in [0, 0.05) is 29.5 Å². The van der Waals surface area contributed by atoms with Crippen molar-refractivity contribution >= 4 is 29.3 Å². The van der Waals surface area contributed by atoms with Crippen LogP contribution in [-0.4, -0.2) is 42.0 Å². The van der Waals surface area contributed by atoms with Crippen molar-refractivity contribution in [2.24, 2.45) is 0 Å². The quantitative estimate of drug-likeness (QED) is 0.315. The second-order valence-corrected chi connectivity index (χ2v) is 7.93. The van der Waals surface area contributed by atoms with Gasteiger partial charge in [0.05, 0.1) is 0 Å². The Morgan fingerprint density at radius 2 is 1.29 bits per heavy atom. The van der Waals surface area contributed by atoms with Gasteiger partial charge in [-0.2, -0.15) is 0 Å². The van der Waals surface area contributed by atoms with E-state index in [1.807, 2.05) is 0 Å². The molecule has 34 heavy (non-hydrogen) atoms. The molecule has 0 saturated heterocycles. The molecule has 0 bridgehead atoms. The Kier molecular flexibility index (Phi) is 8.65. The number of carbonyl (C=O) groups excluding carboxylic acids is 2. The molecule has 3 aromatic carbocycles. The summed E-state index contributed by atoms with van der Waals surface area (Å²) in [4.78, 5) is 34.9. The highest BCUT2D eigenvalue weighted by Crippen LogP contribution is 2.18. The van der Waals surface area contributed by atoms with Gasteiger partial charge < -0.3 is 19.9 Å². The molecule has 0 unspecified atom stereocenters. The van der Waals surface area contributed by atoms with Crippen molar-refractivity contribution in [3.05, 3.63) is 94.5 Å². The number of ether oxygens (including phenoxy) is 2. The minimum Gasteiger partial charge on any atom is -0.490 e. The van der Waals surface area contributed by atoms with Gasteiger partial charge in [-0.05, 0) is 66.2 Å². The molecule has 0 saturated carbocycles. The number of aliphatic carboxylic acids is 1. The summed E-state index contributed by atoms with van der Waals surface area (Å²) in [6.45, 7) is 1.88. The Balaban J connectivity index is 1.44. The normalized spacial score (nSPS) is 11.4. The number of ketones is 1. The third-order valence-electron chi connectivity index (χ3n) is 4.88. The second-order valence-electron chi connectivity index (χ2n) is 7.50. The summed E-state index contributed by atoms with van der Waals surface area (Å²) in [5, 5.41) is 12.2. The van der Waals surface area contributed by atoms with E-state index in [0.29, 0.717) is 40.9 Å². The Labute approximate surface area is 202 Å². The van der Waals surface area contributed by atoms with Crippen LogP contribution < -0.4 is 14.8 Å². The first-order valence-electron chi connectivity index (χ1n) is 10.6. The van der Waals surface area contributed by atoms with E-state index >= 15 is 0 Å². The zero-order valence-corrected chi connectivity index (χ0v) is 19.2. The van der Waals surface area contributed by atoms with Crippen molar-refractivity contribution in [3.8, 4) is 11.5 Å². The molecular weight excluding hydrogens is 458 g/mol. The maximum atomic E-state index is 12.5. The first-order chi connectivity index (χ1) is 16.3. The molecule has 3 rings (SSSR count). The lowest BCUT2D eigenvalue weighted by atomic mass is 10.0. The van der Waals surface area contributed by atoms with Crippen LogP contribution in [-0.2, 0) is 16.0 Å². The second kappa shape index (κ2) is 11.9. The highest BCUT2D eigenvalue weighted by molar-refractivity contribution is 6.30. The molecule has 0 aliphatic heterocycles. The van der Waals surface area contributed by atoms with Crippen LogP contribution in [0.5, 0.6) is 11.5 Å². The van der Waals surface area contributed by atoms with Gasteiger partial charge >= 0.3 is 5.97 Å². The molecule has 0 radical (unpaired) electrons. The molecule has 0 spiro atoms. The summed E-state index contributed by atoms with van der Waals surface area (Å²) < 4.78 is 11.3. The van der Waals surface area contributed by atoms with Crippen LogP contribution in [0.15, 0.2) is 72.8 Å². The number of hydrogen-bond acceptors (Lipinski definition) is 5. The third kappa shape index (κ3) is 7.35. The Morgan fingerprint density at radius 1 is 0.824 bits per heavy atom. The Hall–Kier alpha value is -3.84. The summed E-state index contributed by atoms with van der Waals surface area (Å²) in [5.74, 6) is -0.348. The topological polar surface area (TPSA) is 102 Å². The number of carboxylic acids is 1. The Morgan fingerprint density at radius 3 is 1.76 bits per heavy atom. The molecule has 0 aromatic heterocycles. The predicted octanol–water partition coefficient (Wildman–Crippen LogP) is 4.16. The van der Waals surface area contributed by atoms with E-state index in [-0.39, 0.29) is 12.2 Å². The fraction of sp³-hybridized carbons (Fsp3) is 0.192. The van der Waals surface area contributed by atoms with Gasteiger partial charge in [-0.25, -0.2) is 4.79 Å². The average molecular weight is 482 g/mol. The van der Waals surface area contributed by atoms with Crippen molar-refractivity contribution < 1.29 is 29.0 Å². The minimum absolute atomic E-state index is 0.0956. The molecule has 3 aromatic rings. The lowest BCUT2D eigenvalue weighted by Crippen LogP contribution is -2.41. The van der Waals surface area contributed by atoms with E-state index in [2.05, 4.69) is 5.32 Å². The van der Waals surface area contributed by atoms with Crippen LogP contribution in [0.3, 0.4) is 0 Å². The van der Waals surface area contributed by atoms with Gasteiger partial charge in [0.2, 0.25) is 5.91 Å². The van der Waals surface area contributed by atoms with Crippen LogP contribution in [0.4, 0.5) is 0 Å². The lowest BCUT2D eigenvalue weighted by molar-refractivity contribution is -0.141. The number of carbonyl (C=O) groups is 3. The fourth-order valence-corrected chi connectivity index (χ4v) is 3.32. The summed E-state index contributed by atoms with van der Waals surface area (Å²) in [6, 6.07) is 19.6. The number of amides is 1. The van der Waals surface area contributed by atoms with Gasteiger partial charge in [-0.3, -0.25) is 9.59 Å². The summed E-state index contributed by atoms with van der Waals surface area (Å²) in [6.07, 6.45) is 0.175. The maximum absolute atomic E-state index is 12.5. The maximum Gasteiger partial charge on any atom is 0.326 e. The van der Waals surface area contributed by atoms with Gasteiger partial charge in [0.1, 0.15) is 30.8 Å². The SMILES string of the molecule is CC(=O)N[C@@H](Cc1ccc(OCCOc2ccc(C(=O)c3ccc(Cl)cc3)cc2)cc1)C(=O)O.